The molecular formula is C25H27FN4O4S. The highest BCUT2D eigenvalue weighted by Crippen LogP contribution is 2.38. The third-order valence-electron chi connectivity index (χ3n) is 6.45. The van der Waals surface area contributed by atoms with Crippen LogP contribution >= 0.6 is 0 Å². The Kier molecular flexibility index (Phi) is 6.75. The lowest BCUT2D eigenvalue weighted by atomic mass is 9.90. The number of hydrogen-bond donors (Lipinski definition) is 1. The van der Waals surface area contributed by atoms with Crippen molar-refractivity contribution >= 4 is 21.7 Å². The molecule has 0 saturated carbocycles. The molecule has 1 unspecified atom stereocenters. The van der Waals surface area contributed by atoms with E-state index in [0.717, 1.165) is 6.42 Å². The molecule has 3 heterocycles. The average Bonchev–Trinajstić information content (AvgIpc) is 3.09. The summed E-state index contributed by atoms with van der Waals surface area (Å²) in [5, 5.41) is -0.372. The first-order valence-electron chi connectivity index (χ1n) is 11.2. The Labute approximate surface area is 204 Å². The monoisotopic (exact) mass is 498 g/mol. The van der Waals surface area contributed by atoms with E-state index < -0.39 is 21.7 Å². The van der Waals surface area contributed by atoms with Crippen LogP contribution in [0, 0.1) is 11.7 Å². The Bertz CT molecular complexity index is 1350. The first-order chi connectivity index (χ1) is 16.6. The van der Waals surface area contributed by atoms with Crippen molar-refractivity contribution in [2.45, 2.75) is 44.4 Å². The number of aromatic nitrogens is 2. The van der Waals surface area contributed by atoms with Crippen molar-refractivity contribution in [3.63, 3.8) is 0 Å². The van der Waals surface area contributed by atoms with Crippen molar-refractivity contribution in [2.24, 2.45) is 5.92 Å². The number of carbonyl (C=O) groups is 1. The molecule has 1 aliphatic heterocycles. The van der Waals surface area contributed by atoms with E-state index >= 15 is 0 Å². The zero-order valence-electron chi connectivity index (χ0n) is 19.7. The van der Waals surface area contributed by atoms with Crippen LogP contribution in [0.15, 0.2) is 65.8 Å². The molecule has 184 valence electrons. The van der Waals surface area contributed by atoms with Gasteiger partial charge in [-0.2, -0.15) is 13.4 Å². The quantitative estimate of drug-likeness (QED) is 0.527. The highest BCUT2D eigenvalue weighted by Gasteiger charge is 2.40. The van der Waals surface area contributed by atoms with E-state index in [9.17, 15) is 17.6 Å². The summed E-state index contributed by atoms with van der Waals surface area (Å²) >= 11 is 0. The predicted octanol–water partition coefficient (Wildman–Crippen LogP) is 3.94. The lowest BCUT2D eigenvalue weighted by molar-refractivity contribution is 0.0981. The van der Waals surface area contributed by atoms with Gasteiger partial charge in [0.05, 0.1) is 5.56 Å². The van der Waals surface area contributed by atoms with Gasteiger partial charge in [0.2, 0.25) is 5.88 Å². The van der Waals surface area contributed by atoms with Crippen molar-refractivity contribution < 1.29 is 22.3 Å². The number of nitrogens with zero attached hydrogens (tertiary/aromatic N) is 3. The summed E-state index contributed by atoms with van der Waals surface area (Å²) in [6.45, 7) is 7.02. The van der Waals surface area contributed by atoms with Crippen LogP contribution in [0.3, 0.4) is 0 Å². The second-order valence-corrected chi connectivity index (χ2v) is 10.7. The number of ether oxygens (including phenoxy) is 1. The number of rotatable bonds is 7. The van der Waals surface area contributed by atoms with E-state index in [1.807, 2.05) is 4.90 Å². The Balaban J connectivity index is 1.52. The van der Waals surface area contributed by atoms with Gasteiger partial charge in [0.1, 0.15) is 18.2 Å². The highest BCUT2D eigenvalue weighted by atomic mass is 32.2. The van der Waals surface area contributed by atoms with Gasteiger partial charge < -0.3 is 9.64 Å². The van der Waals surface area contributed by atoms with E-state index in [1.54, 1.807) is 30.5 Å². The Morgan fingerprint density at radius 3 is 2.69 bits per heavy atom. The van der Waals surface area contributed by atoms with Crippen molar-refractivity contribution in [1.82, 2.24) is 14.7 Å². The van der Waals surface area contributed by atoms with Gasteiger partial charge >= 0.3 is 0 Å². The molecular weight excluding hydrogens is 471 g/mol. The molecule has 2 aromatic heterocycles. The predicted molar refractivity (Wildman–Crippen MR) is 129 cm³/mol. The van der Waals surface area contributed by atoms with Crippen molar-refractivity contribution in [3.8, 4) is 5.88 Å². The number of sulfonamides is 1. The average molecular weight is 499 g/mol. The summed E-state index contributed by atoms with van der Waals surface area (Å²) in [6.07, 6.45) is 2.52. The Morgan fingerprint density at radius 2 is 1.97 bits per heavy atom. The highest BCUT2D eigenvalue weighted by molar-refractivity contribution is 7.90. The Morgan fingerprint density at radius 1 is 1.20 bits per heavy atom. The van der Waals surface area contributed by atoms with Gasteiger partial charge in [-0.25, -0.2) is 14.1 Å². The van der Waals surface area contributed by atoms with Crippen LogP contribution < -0.4 is 14.4 Å². The normalized spacial score (nSPS) is 17.3. The number of nitrogens with one attached hydrogen (secondary N) is 1. The molecule has 0 radical (unpaired) electrons. The molecule has 0 aliphatic carbocycles. The molecule has 35 heavy (non-hydrogen) atoms. The van der Waals surface area contributed by atoms with Crippen LogP contribution in [0.5, 0.6) is 5.88 Å². The van der Waals surface area contributed by atoms with Crippen molar-refractivity contribution in [1.29, 1.82) is 0 Å². The van der Waals surface area contributed by atoms with E-state index in [-0.39, 0.29) is 28.6 Å². The maximum atomic E-state index is 13.4. The van der Waals surface area contributed by atoms with Crippen LogP contribution in [0.1, 0.15) is 43.1 Å². The summed E-state index contributed by atoms with van der Waals surface area (Å²) in [5.74, 6) is -0.353. The molecule has 1 fully saturated rings. The number of hydrogen-bond acceptors (Lipinski definition) is 7. The topological polar surface area (TPSA) is 101 Å². The van der Waals surface area contributed by atoms with Gasteiger partial charge in [0, 0.05) is 24.3 Å². The fourth-order valence-electron chi connectivity index (χ4n) is 4.04. The second-order valence-electron chi connectivity index (χ2n) is 9.04. The molecule has 4 rings (SSSR count). The van der Waals surface area contributed by atoms with E-state index in [1.165, 1.54) is 30.3 Å². The van der Waals surface area contributed by atoms with Gasteiger partial charge in [0.15, 0.2) is 5.03 Å². The van der Waals surface area contributed by atoms with Crippen molar-refractivity contribution in [2.75, 3.05) is 11.4 Å². The van der Waals surface area contributed by atoms with Crippen molar-refractivity contribution in [3.05, 3.63) is 77.7 Å². The first kappa shape index (κ1) is 24.6. The molecule has 1 saturated heterocycles. The van der Waals surface area contributed by atoms with Gasteiger partial charge in [-0.15, -0.1) is 0 Å². The number of amides is 1. The number of pyridine rings is 2. The molecule has 1 aliphatic rings. The minimum atomic E-state index is -4.30. The van der Waals surface area contributed by atoms with Gasteiger partial charge in [-0.3, -0.25) is 4.79 Å². The molecule has 3 aromatic rings. The first-order valence-corrected chi connectivity index (χ1v) is 12.7. The summed E-state index contributed by atoms with van der Waals surface area (Å²) in [6, 6.07) is 13.2. The molecule has 1 amide bonds. The minimum absolute atomic E-state index is 0.00368. The van der Waals surface area contributed by atoms with E-state index in [0.29, 0.717) is 23.8 Å². The largest absolute Gasteiger partial charge is 0.473 e. The summed E-state index contributed by atoms with van der Waals surface area (Å²) < 4.78 is 46.9. The van der Waals surface area contributed by atoms with Crippen LogP contribution in [-0.2, 0) is 16.6 Å². The molecule has 0 bridgehead atoms. The van der Waals surface area contributed by atoms with Gasteiger partial charge in [-0.05, 0) is 62.1 Å². The summed E-state index contributed by atoms with van der Waals surface area (Å²) in [5.41, 5.74) is 0.491. The van der Waals surface area contributed by atoms with Crippen LogP contribution in [-0.4, -0.2) is 36.4 Å². The smallest absolute Gasteiger partial charge is 0.281 e. The van der Waals surface area contributed by atoms with E-state index in [2.05, 4.69) is 35.5 Å². The third kappa shape index (κ3) is 5.27. The molecule has 1 atom stereocenters. The summed E-state index contributed by atoms with van der Waals surface area (Å²) in [7, 11) is -4.30. The van der Waals surface area contributed by atoms with Crippen LogP contribution in [0.4, 0.5) is 10.2 Å². The molecule has 10 heteroatoms. The maximum absolute atomic E-state index is 13.4. The Hall–Kier alpha value is -3.53. The number of carbonyl (C=O) groups excluding carboxylic acids is 1. The van der Waals surface area contributed by atoms with Gasteiger partial charge in [-0.1, -0.05) is 25.1 Å². The van der Waals surface area contributed by atoms with Gasteiger partial charge in [0.25, 0.3) is 15.9 Å². The lowest BCUT2D eigenvalue weighted by Gasteiger charge is -2.36. The fraction of sp³-hybridized carbons (Fsp3) is 0.320. The number of halogens is 1. The number of anilines is 1. The SMILES string of the molecule is CC1CCN(c2ncccc2C(=O)NS(=O)(=O)c2cccc(OCc3cccc(F)c3)n2)C1(C)C. The minimum Gasteiger partial charge on any atom is -0.473 e. The van der Waals surface area contributed by atoms with Crippen LogP contribution in [0.2, 0.25) is 0 Å². The van der Waals surface area contributed by atoms with E-state index in [4.69, 9.17) is 4.74 Å². The summed E-state index contributed by atoms with van der Waals surface area (Å²) in [4.78, 5) is 23.5. The zero-order chi connectivity index (χ0) is 25.2. The number of benzene rings is 1. The second kappa shape index (κ2) is 9.61. The third-order valence-corrected chi connectivity index (χ3v) is 7.68. The fourth-order valence-corrected chi connectivity index (χ4v) is 4.96. The standard InChI is InChI=1S/C25H27FN4O4S/c1-17-12-14-30(25(17,2)3)23-20(9-6-13-27-23)24(31)29-35(32,33)22-11-5-10-21(28-22)34-16-18-7-4-8-19(26)15-18/h4-11,13,15,17H,12,14,16H2,1-3H3,(H,29,31). The maximum Gasteiger partial charge on any atom is 0.281 e. The lowest BCUT2D eigenvalue weighted by Crippen LogP contribution is -2.43. The molecule has 1 N–H and O–H groups in total. The molecule has 0 spiro atoms. The molecule has 8 nitrogen and oxygen atoms in total. The zero-order valence-corrected chi connectivity index (χ0v) is 20.5. The molecule has 1 aromatic carbocycles. The van der Waals surface area contributed by atoms with Crippen LogP contribution in [0.25, 0.3) is 0 Å².